The van der Waals surface area contributed by atoms with Gasteiger partial charge in [0.15, 0.2) is 5.11 Å². The zero-order valence-corrected chi connectivity index (χ0v) is 13.9. The molecule has 0 radical (unpaired) electrons. The van der Waals surface area contributed by atoms with E-state index >= 15 is 0 Å². The number of rotatable bonds is 4. The molecule has 1 aliphatic rings. The SMILES string of the molecule is CCNC(=S)N1CCC(NC(=O)c2ccc(OC)cc2)CC1. The predicted octanol–water partition coefficient (Wildman–Crippen LogP) is 1.78. The van der Waals surface area contributed by atoms with Gasteiger partial charge in [-0.05, 0) is 56.2 Å². The van der Waals surface area contributed by atoms with Gasteiger partial charge in [0, 0.05) is 31.2 Å². The van der Waals surface area contributed by atoms with Crippen molar-refractivity contribution in [2.24, 2.45) is 0 Å². The van der Waals surface area contributed by atoms with Crippen molar-refractivity contribution in [1.29, 1.82) is 0 Å². The summed E-state index contributed by atoms with van der Waals surface area (Å²) in [5.74, 6) is 0.720. The Kier molecular flexibility index (Phi) is 6.00. The summed E-state index contributed by atoms with van der Waals surface area (Å²) in [6, 6.07) is 7.36. The fourth-order valence-electron chi connectivity index (χ4n) is 2.50. The van der Waals surface area contributed by atoms with E-state index in [2.05, 4.69) is 15.5 Å². The summed E-state index contributed by atoms with van der Waals surface area (Å²) < 4.78 is 5.10. The normalized spacial score (nSPS) is 15.3. The summed E-state index contributed by atoms with van der Waals surface area (Å²) in [6.07, 6.45) is 1.82. The van der Waals surface area contributed by atoms with Crippen LogP contribution in [0.4, 0.5) is 0 Å². The van der Waals surface area contributed by atoms with Crippen molar-refractivity contribution in [3.05, 3.63) is 29.8 Å². The molecule has 0 atom stereocenters. The molecule has 1 amide bonds. The van der Waals surface area contributed by atoms with Gasteiger partial charge in [-0.1, -0.05) is 0 Å². The molecule has 0 unspecified atom stereocenters. The van der Waals surface area contributed by atoms with Gasteiger partial charge < -0.3 is 20.3 Å². The molecular weight excluding hydrogens is 298 g/mol. The lowest BCUT2D eigenvalue weighted by Gasteiger charge is -2.34. The number of nitrogens with zero attached hydrogens (tertiary/aromatic N) is 1. The minimum atomic E-state index is -0.0321. The average Bonchev–Trinajstić information content (AvgIpc) is 2.55. The molecule has 22 heavy (non-hydrogen) atoms. The molecule has 1 heterocycles. The maximum atomic E-state index is 12.2. The topological polar surface area (TPSA) is 53.6 Å². The number of hydrogen-bond donors (Lipinski definition) is 2. The van der Waals surface area contributed by atoms with Gasteiger partial charge in [0.05, 0.1) is 7.11 Å². The molecule has 0 saturated carbocycles. The number of amides is 1. The highest BCUT2D eigenvalue weighted by Crippen LogP contribution is 2.14. The van der Waals surface area contributed by atoms with E-state index < -0.39 is 0 Å². The van der Waals surface area contributed by atoms with Crippen LogP contribution in [0.3, 0.4) is 0 Å². The van der Waals surface area contributed by atoms with E-state index in [0.717, 1.165) is 43.3 Å². The number of likely N-dealkylation sites (tertiary alicyclic amines) is 1. The Labute approximate surface area is 137 Å². The van der Waals surface area contributed by atoms with Gasteiger partial charge >= 0.3 is 0 Å². The third kappa shape index (κ3) is 4.34. The zero-order valence-electron chi connectivity index (χ0n) is 13.1. The summed E-state index contributed by atoms with van der Waals surface area (Å²) in [5.41, 5.74) is 0.659. The van der Waals surface area contributed by atoms with E-state index in [9.17, 15) is 4.79 Å². The van der Waals surface area contributed by atoms with Gasteiger partial charge in [-0.15, -0.1) is 0 Å². The number of methoxy groups -OCH3 is 1. The molecular formula is C16H23N3O2S. The Balaban J connectivity index is 1.82. The second kappa shape index (κ2) is 7.98. The van der Waals surface area contributed by atoms with Crippen LogP contribution < -0.4 is 15.4 Å². The lowest BCUT2D eigenvalue weighted by molar-refractivity contribution is 0.0922. The van der Waals surface area contributed by atoms with E-state index in [1.807, 2.05) is 6.92 Å². The van der Waals surface area contributed by atoms with E-state index in [1.165, 1.54) is 0 Å². The van der Waals surface area contributed by atoms with E-state index in [4.69, 9.17) is 17.0 Å². The van der Waals surface area contributed by atoms with Crippen LogP contribution in [-0.4, -0.2) is 48.7 Å². The first-order chi connectivity index (χ1) is 10.6. The number of piperidine rings is 1. The lowest BCUT2D eigenvalue weighted by atomic mass is 10.0. The van der Waals surface area contributed by atoms with Crippen molar-refractivity contribution >= 4 is 23.2 Å². The average molecular weight is 321 g/mol. The molecule has 2 N–H and O–H groups in total. The van der Waals surface area contributed by atoms with E-state index in [1.54, 1.807) is 31.4 Å². The first-order valence-electron chi connectivity index (χ1n) is 7.61. The molecule has 1 aliphatic heterocycles. The first kappa shape index (κ1) is 16.5. The fourth-order valence-corrected chi connectivity index (χ4v) is 2.83. The maximum absolute atomic E-state index is 12.2. The lowest BCUT2D eigenvalue weighted by Crippen LogP contribution is -2.49. The molecule has 5 nitrogen and oxygen atoms in total. The van der Waals surface area contributed by atoms with Crippen LogP contribution in [0.25, 0.3) is 0 Å². The fraction of sp³-hybridized carbons (Fsp3) is 0.500. The van der Waals surface area contributed by atoms with Gasteiger partial charge in [0.1, 0.15) is 5.75 Å². The zero-order chi connectivity index (χ0) is 15.9. The van der Waals surface area contributed by atoms with Crippen molar-refractivity contribution in [3.8, 4) is 5.75 Å². The number of ether oxygens (including phenoxy) is 1. The first-order valence-corrected chi connectivity index (χ1v) is 8.02. The number of carbonyl (C=O) groups excluding carboxylic acids is 1. The molecule has 0 spiro atoms. The van der Waals surface area contributed by atoms with Crippen LogP contribution >= 0.6 is 12.2 Å². The highest BCUT2D eigenvalue weighted by atomic mass is 32.1. The molecule has 120 valence electrons. The maximum Gasteiger partial charge on any atom is 0.251 e. The molecule has 2 rings (SSSR count). The molecule has 1 saturated heterocycles. The van der Waals surface area contributed by atoms with Crippen LogP contribution in [0.2, 0.25) is 0 Å². The number of benzene rings is 1. The Bertz CT molecular complexity index is 511. The van der Waals surface area contributed by atoms with Gasteiger partial charge in [-0.3, -0.25) is 4.79 Å². The second-order valence-corrected chi connectivity index (χ2v) is 5.69. The summed E-state index contributed by atoms with van der Waals surface area (Å²) >= 11 is 5.32. The molecule has 0 aliphatic carbocycles. The van der Waals surface area contributed by atoms with Crippen molar-refractivity contribution in [2.45, 2.75) is 25.8 Å². The summed E-state index contributed by atoms with van der Waals surface area (Å²) in [6.45, 7) is 4.62. The highest BCUT2D eigenvalue weighted by Gasteiger charge is 2.22. The molecule has 0 bridgehead atoms. The quantitative estimate of drug-likeness (QED) is 0.828. The van der Waals surface area contributed by atoms with Crippen LogP contribution in [0, 0.1) is 0 Å². The Morgan fingerprint density at radius 1 is 1.32 bits per heavy atom. The largest absolute Gasteiger partial charge is 0.497 e. The number of carbonyl (C=O) groups is 1. The third-order valence-electron chi connectivity index (χ3n) is 3.80. The van der Waals surface area contributed by atoms with Gasteiger partial charge in [-0.2, -0.15) is 0 Å². The second-order valence-electron chi connectivity index (χ2n) is 5.30. The van der Waals surface area contributed by atoms with E-state index in [-0.39, 0.29) is 11.9 Å². The Hall–Kier alpha value is -1.82. The highest BCUT2D eigenvalue weighted by molar-refractivity contribution is 7.80. The summed E-state index contributed by atoms with van der Waals surface area (Å²) in [5, 5.41) is 7.07. The standard InChI is InChI=1S/C16H23N3O2S/c1-3-17-16(22)19-10-8-13(9-11-19)18-15(20)12-4-6-14(21-2)7-5-12/h4-7,13H,3,8-11H2,1-2H3,(H,17,22)(H,18,20). The number of hydrogen-bond acceptors (Lipinski definition) is 3. The van der Waals surface area contributed by atoms with Crippen molar-refractivity contribution < 1.29 is 9.53 Å². The van der Waals surface area contributed by atoms with Crippen LogP contribution in [0.15, 0.2) is 24.3 Å². The van der Waals surface area contributed by atoms with Gasteiger partial charge in [0.2, 0.25) is 0 Å². The minimum Gasteiger partial charge on any atom is -0.497 e. The molecule has 1 fully saturated rings. The summed E-state index contributed by atoms with van der Waals surface area (Å²) in [7, 11) is 1.61. The monoisotopic (exact) mass is 321 g/mol. The molecule has 6 heteroatoms. The smallest absolute Gasteiger partial charge is 0.251 e. The van der Waals surface area contributed by atoms with Gasteiger partial charge in [-0.25, -0.2) is 0 Å². The van der Waals surface area contributed by atoms with Crippen LogP contribution in [-0.2, 0) is 0 Å². The minimum absolute atomic E-state index is 0.0321. The van der Waals surface area contributed by atoms with Crippen LogP contribution in [0.5, 0.6) is 5.75 Å². The Morgan fingerprint density at radius 2 is 1.95 bits per heavy atom. The van der Waals surface area contributed by atoms with Crippen molar-refractivity contribution in [3.63, 3.8) is 0 Å². The number of thiocarbonyl (C=S) groups is 1. The predicted molar refractivity (Wildman–Crippen MR) is 91.3 cm³/mol. The molecule has 1 aromatic rings. The van der Waals surface area contributed by atoms with Gasteiger partial charge in [0.25, 0.3) is 5.91 Å². The summed E-state index contributed by atoms with van der Waals surface area (Å²) in [4.78, 5) is 14.4. The molecule has 0 aromatic heterocycles. The van der Waals surface area contributed by atoms with E-state index in [0.29, 0.717) is 5.56 Å². The third-order valence-corrected chi connectivity index (χ3v) is 4.20. The van der Waals surface area contributed by atoms with Crippen LogP contribution in [0.1, 0.15) is 30.1 Å². The number of nitrogens with one attached hydrogen (secondary N) is 2. The van der Waals surface area contributed by atoms with Crippen molar-refractivity contribution in [1.82, 2.24) is 15.5 Å². The van der Waals surface area contributed by atoms with Crippen molar-refractivity contribution in [2.75, 3.05) is 26.7 Å². The Morgan fingerprint density at radius 3 is 2.50 bits per heavy atom. The molecule has 1 aromatic carbocycles.